The Labute approximate surface area is 217 Å². The van der Waals surface area contributed by atoms with Gasteiger partial charge in [0, 0.05) is 19.2 Å². The summed E-state index contributed by atoms with van der Waals surface area (Å²) in [5.41, 5.74) is 2.11. The quantitative estimate of drug-likeness (QED) is 0.326. The first-order chi connectivity index (χ1) is 17.2. The lowest BCUT2D eigenvalue weighted by molar-refractivity contribution is -0.137. The predicted molar refractivity (Wildman–Crippen MR) is 144 cm³/mol. The fourth-order valence-corrected chi connectivity index (χ4v) is 5.10. The third kappa shape index (κ3) is 5.34. The Morgan fingerprint density at radius 2 is 2.03 bits per heavy atom. The summed E-state index contributed by atoms with van der Waals surface area (Å²) in [6, 6.07) is 11.1. The van der Waals surface area contributed by atoms with Gasteiger partial charge in [-0.05, 0) is 54.7 Å². The summed E-state index contributed by atoms with van der Waals surface area (Å²) >= 11 is 6.41. The molecule has 0 unspecified atom stereocenters. The summed E-state index contributed by atoms with van der Waals surface area (Å²) in [4.78, 5) is 43.6. The average molecular weight is 524 g/mol. The van der Waals surface area contributed by atoms with Crippen LogP contribution < -0.4 is 10.3 Å². The molecule has 0 saturated carbocycles. The number of hydrogen-bond donors (Lipinski definition) is 1. The number of hydrogen-bond acceptors (Lipinski definition) is 7. The number of benzene rings is 1. The lowest BCUT2D eigenvalue weighted by Gasteiger charge is -2.16. The smallest absolute Gasteiger partial charge is 0.303 e. The molecule has 1 aromatic carbocycles. The standard InChI is InChI=1S/C26H25N3O5S2/c1-15(2)17-10-9-16(3)13-19(17)34-23-18(24(32)28-11-5-4-7-21(28)27-23)14-20-25(33)29(26(35)36-20)12-6-8-22(30)31/h4-5,7,9-11,13-15H,6,8,12H2,1-3H3,(H,30,31)/b20-14+. The number of carboxylic acid groups (broad SMARTS) is 1. The molecule has 36 heavy (non-hydrogen) atoms. The van der Waals surface area contributed by atoms with Gasteiger partial charge < -0.3 is 9.84 Å². The van der Waals surface area contributed by atoms with E-state index in [1.54, 1.807) is 24.4 Å². The minimum Gasteiger partial charge on any atom is -0.481 e. The van der Waals surface area contributed by atoms with Crippen LogP contribution in [0, 0.1) is 6.92 Å². The Morgan fingerprint density at radius 3 is 2.75 bits per heavy atom. The average Bonchev–Trinajstić information content (AvgIpc) is 3.08. The number of nitrogens with zero attached hydrogens (tertiary/aromatic N) is 3. The largest absolute Gasteiger partial charge is 0.481 e. The minimum atomic E-state index is -0.940. The second-order valence-corrected chi connectivity index (χ2v) is 10.4. The number of carboxylic acids is 1. The van der Waals surface area contributed by atoms with Crippen molar-refractivity contribution in [3.63, 3.8) is 0 Å². The lowest BCUT2D eigenvalue weighted by atomic mass is 10.0. The molecule has 1 saturated heterocycles. The molecule has 1 amide bonds. The monoisotopic (exact) mass is 523 g/mol. The number of carbonyl (C=O) groups excluding carboxylic acids is 1. The van der Waals surface area contributed by atoms with Crippen molar-refractivity contribution in [2.24, 2.45) is 0 Å². The van der Waals surface area contributed by atoms with E-state index in [0.29, 0.717) is 15.7 Å². The van der Waals surface area contributed by atoms with Gasteiger partial charge in [0.25, 0.3) is 11.5 Å². The summed E-state index contributed by atoms with van der Waals surface area (Å²) in [6.45, 7) is 6.25. The Kier molecular flexibility index (Phi) is 7.56. The van der Waals surface area contributed by atoms with Gasteiger partial charge in [-0.15, -0.1) is 0 Å². The Bertz CT molecular complexity index is 1460. The number of thiocarbonyl (C=S) groups is 1. The van der Waals surface area contributed by atoms with E-state index in [1.807, 2.05) is 25.1 Å². The number of aliphatic carboxylic acids is 1. The molecule has 0 aliphatic carbocycles. The van der Waals surface area contributed by atoms with Crippen molar-refractivity contribution in [3.8, 4) is 11.6 Å². The van der Waals surface area contributed by atoms with Crippen LogP contribution in [0.3, 0.4) is 0 Å². The molecule has 4 rings (SSSR count). The van der Waals surface area contributed by atoms with E-state index < -0.39 is 5.97 Å². The molecule has 0 bridgehead atoms. The third-order valence-corrected chi connectivity index (χ3v) is 7.03. The minimum absolute atomic E-state index is 0.0707. The molecule has 0 atom stereocenters. The molecule has 3 aromatic rings. The van der Waals surface area contributed by atoms with Gasteiger partial charge in [0.1, 0.15) is 21.3 Å². The van der Waals surface area contributed by atoms with Crippen molar-refractivity contribution >= 4 is 51.9 Å². The molecule has 0 radical (unpaired) electrons. The Hall–Kier alpha value is -3.50. The van der Waals surface area contributed by atoms with E-state index in [9.17, 15) is 14.4 Å². The zero-order chi connectivity index (χ0) is 26.0. The fraction of sp³-hybridized carbons (Fsp3) is 0.269. The van der Waals surface area contributed by atoms with Gasteiger partial charge in [0.2, 0.25) is 5.88 Å². The SMILES string of the molecule is Cc1ccc(C(C)C)c(Oc2nc3ccccn3c(=O)c2/C=C2/SC(=S)N(CCCC(=O)O)C2=O)c1. The Morgan fingerprint density at radius 1 is 1.25 bits per heavy atom. The van der Waals surface area contributed by atoms with Crippen LogP contribution in [-0.2, 0) is 9.59 Å². The molecule has 186 valence electrons. The maximum atomic E-state index is 13.5. The maximum Gasteiger partial charge on any atom is 0.303 e. The van der Waals surface area contributed by atoms with Crippen LogP contribution in [0.1, 0.15) is 49.3 Å². The van der Waals surface area contributed by atoms with E-state index in [0.717, 1.165) is 22.9 Å². The molecular weight excluding hydrogens is 498 g/mol. The first-order valence-corrected chi connectivity index (χ1v) is 12.6. The summed E-state index contributed by atoms with van der Waals surface area (Å²) < 4.78 is 7.97. The zero-order valence-electron chi connectivity index (χ0n) is 20.1. The summed E-state index contributed by atoms with van der Waals surface area (Å²) in [7, 11) is 0. The van der Waals surface area contributed by atoms with Crippen molar-refractivity contribution in [2.45, 2.75) is 39.5 Å². The van der Waals surface area contributed by atoms with Crippen LogP contribution >= 0.6 is 24.0 Å². The highest BCUT2D eigenvalue weighted by Gasteiger charge is 2.32. The number of pyridine rings is 1. The molecule has 2 aromatic heterocycles. The topological polar surface area (TPSA) is 101 Å². The van der Waals surface area contributed by atoms with Crippen LogP contribution in [0.15, 0.2) is 52.3 Å². The normalized spacial score (nSPS) is 14.9. The Balaban J connectivity index is 1.79. The van der Waals surface area contributed by atoms with E-state index in [2.05, 4.69) is 18.8 Å². The number of thioether (sulfide) groups is 1. The first kappa shape index (κ1) is 25.6. The van der Waals surface area contributed by atoms with Crippen molar-refractivity contribution in [1.82, 2.24) is 14.3 Å². The van der Waals surface area contributed by atoms with Crippen LogP contribution in [0.2, 0.25) is 0 Å². The molecule has 1 N–H and O–H groups in total. The van der Waals surface area contributed by atoms with Gasteiger partial charge in [-0.2, -0.15) is 4.98 Å². The highest BCUT2D eigenvalue weighted by molar-refractivity contribution is 8.26. The van der Waals surface area contributed by atoms with Gasteiger partial charge in [-0.3, -0.25) is 23.7 Å². The molecule has 10 heteroatoms. The van der Waals surface area contributed by atoms with Crippen molar-refractivity contribution in [2.75, 3.05) is 6.54 Å². The number of amides is 1. The van der Waals surface area contributed by atoms with E-state index in [-0.39, 0.29) is 53.1 Å². The van der Waals surface area contributed by atoms with Gasteiger partial charge in [0.05, 0.1) is 4.91 Å². The molecule has 1 fully saturated rings. The number of aromatic nitrogens is 2. The number of ether oxygens (including phenoxy) is 1. The summed E-state index contributed by atoms with van der Waals surface area (Å²) in [5, 5.41) is 8.89. The maximum absolute atomic E-state index is 13.5. The van der Waals surface area contributed by atoms with E-state index >= 15 is 0 Å². The van der Waals surface area contributed by atoms with Crippen molar-refractivity contribution in [3.05, 3.63) is 74.5 Å². The van der Waals surface area contributed by atoms with Gasteiger partial charge in [-0.25, -0.2) is 0 Å². The van der Waals surface area contributed by atoms with Gasteiger partial charge >= 0.3 is 5.97 Å². The number of aryl methyl sites for hydroxylation is 1. The molecular formula is C26H25N3O5S2. The van der Waals surface area contributed by atoms with Gasteiger partial charge in [-0.1, -0.05) is 56.0 Å². The fourth-order valence-electron chi connectivity index (χ4n) is 3.81. The number of fused-ring (bicyclic) bond motifs is 1. The van der Waals surface area contributed by atoms with Crippen LogP contribution in [0.4, 0.5) is 0 Å². The molecule has 0 spiro atoms. The van der Waals surface area contributed by atoms with E-state index in [1.165, 1.54) is 15.4 Å². The second kappa shape index (κ2) is 10.6. The molecule has 8 nitrogen and oxygen atoms in total. The van der Waals surface area contributed by atoms with Crippen LogP contribution in [-0.4, -0.2) is 42.1 Å². The molecule has 1 aliphatic heterocycles. The van der Waals surface area contributed by atoms with Gasteiger partial charge in [0.15, 0.2) is 0 Å². The third-order valence-electron chi connectivity index (χ3n) is 5.65. The first-order valence-electron chi connectivity index (χ1n) is 11.4. The summed E-state index contributed by atoms with van der Waals surface area (Å²) in [6.07, 6.45) is 3.27. The molecule has 3 heterocycles. The summed E-state index contributed by atoms with van der Waals surface area (Å²) in [5.74, 6) is -0.460. The molecule has 1 aliphatic rings. The van der Waals surface area contributed by atoms with Crippen molar-refractivity contribution < 1.29 is 19.4 Å². The predicted octanol–water partition coefficient (Wildman–Crippen LogP) is 4.98. The van der Waals surface area contributed by atoms with Crippen LogP contribution in [0.25, 0.3) is 11.7 Å². The lowest BCUT2D eigenvalue weighted by Crippen LogP contribution is -2.29. The number of rotatable bonds is 8. The second-order valence-electron chi connectivity index (χ2n) is 8.69. The van der Waals surface area contributed by atoms with E-state index in [4.69, 9.17) is 22.1 Å². The highest BCUT2D eigenvalue weighted by atomic mass is 32.2. The zero-order valence-corrected chi connectivity index (χ0v) is 21.7. The van der Waals surface area contributed by atoms with Crippen LogP contribution in [0.5, 0.6) is 11.6 Å². The highest BCUT2D eigenvalue weighted by Crippen LogP contribution is 2.36. The van der Waals surface area contributed by atoms with Crippen molar-refractivity contribution in [1.29, 1.82) is 0 Å². The number of carbonyl (C=O) groups is 2.